The van der Waals surface area contributed by atoms with Gasteiger partial charge in [0.1, 0.15) is 16.3 Å². The molecule has 2 aromatic carbocycles. The van der Waals surface area contributed by atoms with Gasteiger partial charge >= 0.3 is 6.09 Å². The van der Waals surface area contributed by atoms with Crippen LogP contribution in [0.15, 0.2) is 53.6 Å². The molecule has 1 fully saturated rings. The highest BCUT2D eigenvalue weighted by Crippen LogP contribution is 2.37. The Balaban J connectivity index is 1.64. The first-order valence-corrected chi connectivity index (χ1v) is 13.0. The molecule has 0 unspecified atom stereocenters. The highest BCUT2D eigenvalue weighted by molar-refractivity contribution is 7.90. The number of ether oxygens (including phenoxy) is 1. The Kier molecular flexibility index (Phi) is 6.96. The number of hydrogen-bond donors (Lipinski definition) is 1. The van der Waals surface area contributed by atoms with Crippen LogP contribution in [0.1, 0.15) is 45.6 Å². The molecular weight excluding hydrogens is 495 g/mol. The average molecular weight is 524 g/mol. The lowest BCUT2D eigenvalue weighted by Gasteiger charge is -2.34. The topological polar surface area (TPSA) is 80.6 Å². The van der Waals surface area contributed by atoms with Crippen LogP contribution in [0.5, 0.6) is 0 Å². The second-order valence-corrected chi connectivity index (χ2v) is 11.5. The third-order valence-electron chi connectivity index (χ3n) is 5.94. The van der Waals surface area contributed by atoms with E-state index >= 15 is 0 Å². The Bertz CT molecular complexity index is 1370. The monoisotopic (exact) mass is 523 g/mol. The van der Waals surface area contributed by atoms with Gasteiger partial charge in [-0.3, -0.25) is 0 Å². The van der Waals surface area contributed by atoms with E-state index in [0.29, 0.717) is 35.6 Å². The maximum absolute atomic E-state index is 14.3. The van der Waals surface area contributed by atoms with Crippen LogP contribution < -0.4 is 5.32 Å². The van der Waals surface area contributed by atoms with Crippen LogP contribution in [0.25, 0.3) is 10.9 Å². The molecule has 1 N–H and O–H groups in total. The number of nitrogens with zero attached hydrogens (tertiary/aromatic N) is 2. The number of hydrogen-bond acceptors (Lipinski definition) is 5. The van der Waals surface area contributed by atoms with Crippen molar-refractivity contribution in [2.75, 3.05) is 18.4 Å². The Morgan fingerprint density at radius 2 is 1.75 bits per heavy atom. The summed E-state index contributed by atoms with van der Waals surface area (Å²) in [5.41, 5.74) is -0.714. The number of alkyl halides is 2. The Morgan fingerprint density at radius 1 is 1.08 bits per heavy atom. The van der Waals surface area contributed by atoms with Gasteiger partial charge in [-0.1, -0.05) is 18.2 Å². The first-order valence-electron chi connectivity index (χ1n) is 11.5. The zero-order chi connectivity index (χ0) is 26.3. The van der Waals surface area contributed by atoms with Crippen molar-refractivity contribution in [2.24, 2.45) is 0 Å². The summed E-state index contributed by atoms with van der Waals surface area (Å²) in [5, 5.41) is 3.31. The Labute approximate surface area is 207 Å². The molecular formula is C25H28F3N3O4S. The number of nitrogens with one attached hydrogen (secondary N) is 1. The number of rotatable bonds is 5. The third-order valence-corrected chi connectivity index (χ3v) is 7.65. The summed E-state index contributed by atoms with van der Waals surface area (Å²) in [6, 6.07) is 9.26. The molecule has 11 heteroatoms. The third kappa shape index (κ3) is 5.16. The molecule has 0 atom stereocenters. The number of halogens is 3. The summed E-state index contributed by atoms with van der Waals surface area (Å²) in [7, 11) is -4.47. The molecule has 36 heavy (non-hydrogen) atoms. The number of carbonyl (C=O) groups is 1. The first-order chi connectivity index (χ1) is 16.9. The quantitative estimate of drug-likeness (QED) is 0.460. The van der Waals surface area contributed by atoms with Crippen molar-refractivity contribution >= 4 is 32.7 Å². The molecule has 1 amide bonds. The minimum atomic E-state index is -4.47. The molecule has 0 aliphatic carbocycles. The summed E-state index contributed by atoms with van der Waals surface area (Å²) >= 11 is 0. The molecule has 7 nitrogen and oxygen atoms in total. The van der Waals surface area contributed by atoms with E-state index < -0.39 is 44.4 Å². The number of amides is 1. The summed E-state index contributed by atoms with van der Waals surface area (Å²) < 4.78 is 74.9. The van der Waals surface area contributed by atoms with Crippen LogP contribution in [-0.4, -0.2) is 48.1 Å². The highest BCUT2D eigenvalue weighted by Gasteiger charge is 2.30. The molecule has 2 heterocycles. The zero-order valence-electron chi connectivity index (χ0n) is 20.2. The van der Waals surface area contributed by atoms with E-state index in [-0.39, 0.29) is 16.9 Å². The second kappa shape index (κ2) is 9.68. The summed E-state index contributed by atoms with van der Waals surface area (Å²) in [5.74, 6) is -0.969. The molecule has 0 saturated carbocycles. The van der Waals surface area contributed by atoms with Gasteiger partial charge < -0.3 is 15.0 Å². The molecule has 3 aromatic rings. The van der Waals surface area contributed by atoms with E-state index in [1.54, 1.807) is 37.8 Å². The van der Waals surface area contributed by atoms with Gasteiger partial charge in [-0.25, -0.2) is 30.4 Å². The number of aromatic nitrogens is 1. The smallest absolute Gasteiger partial charge is 0.410 e. The van der Waals surface area contributed by atoms with E-state index in [2.05, 4.69) is 5.32 Å². The van der Waals surface area contributed by atoms with Gasteiger partial charge in [-0.05, 0) is 57.9 Å². The minimum absolute atomic E-state index is 0.0183. The van der Waals surface area contributed by atoms with Crippen LogP contribution in [0.3, 0.4) is 0 Å². The maximum atomic E-state index is 14.3. The van der Waals surface area contributed by atoms with E-state index in [1.165, 1.54) is 18.2 Å². The highest BCUT2D eigenvalue weighted by atomic mass is 32.2. The van der Waals surface area contributed by atoms with E-state index in [0.717, 1.165) is 18.3 Å². The van der Waals surface area contributed by atoms with Crippen LogP contribution in [0, 0.1) is 5.82 Å². The van der Waals surface area contributed by atoms with Gasteiger partial charge in [0.2, 0.25) is 0 Å². The molecule has 0 bridgehead atoms. The molecule has 194 valence electrons. The lowest BCUT2D eigenvalue weighted by Crippen LogP contribution is -2.44. The van der Waals surface area contributed by atoms with Gasteiger partial charge in [-0.15, -0.1) is 0 Å². The predicted molar refractivity (Wildman–Crippen MR) is 130 cm³/mol. The average Bonchev–Trinajstić information content (AvgIpc) is 3.21. The normalized spacial score (nSPS) is 15.5. The SMILES string of the molecule is CC(C)(C)OC(=O)N1CCC(Nc2cccc3c2c(C(F)F)cn3S(=O)(=O)c2ccccc2F)CC1. The molecule has 4 rings (SSSR count). The van der Waals surface area contributed by atoms with E-state index in [4.69, 9.17) is 4.74 Å². The largest absolute Gasteiger partial charge is 0.444 e. The van der Waals surface area contributed by atoms with Gasteiger partial charge in [0.25, 0.3) is 16.4 Å². The van der Waals surface area contributed by atoms with Crippen molar-refractivity contribution in [1.29, 1.82) is 0 Å². The van der Waals surface area contributed by atoms with Crippen LogP contribution in [0.4, 0.5) is 23.7 Å². The van der Waals surface area contributed by atoms with Crippen molar-refractivity contribution in [1.82, 2.24) is 8.87 Å². The number of carbonyl (C=O) groups excluding carboxylic acids is 1. The molecule has 1 aromatic heterocycles. The lowest BCUT2D eigenvalue weighted by atomic mass is 10.0. The molecule has 0 spiro atoms. The fourth-order valence-corrected chi connectivity index (χ4v) is 5.73. The minimum Gasteiger partial charge on any atom is -0.444 e. The van der Waals surface area contributed by atoms with Crippen molar-refractivity contribution in [2.45, 2.75) is 56.6 Å². The zero-order valence-corrected chi connectivity index (χ0v) is 21.0. The number of likely N-dealkylation sites (tertiary alicyclic amines) is 1. The molecule has 0 radical (unpaired) electrons. The van der Waals surface area contributed by atoms with E-state index in [1.807, 2.05) is 0 Å². The van der Waals surface area contributed by atoms with Gasteiger partial charge in [0, 0.05) is 42.0 Å². The van der Waals surface area contributed by atoms with Crippen molar-refractivity contribution in [3.05, 3.63) is 60.0 Å². The van der Waals surface area contributed by atoms with Crippen LogP contribution in [-0.2, 0) is 14.8 Å². The summed E-state index contributed by atoms with van der Waals surface area (Å²) in [6.45, 7) is 6.22. The lowest BCUT2D eigenvalue weighted by molar-refractivity contribution is 0.0210. The fraction of sp³-hybridized carbons (Fsp3) is 0.400. The van der Waals surface area contributed by atoms with Crippen LogP contribution >= 0.6 is 0 Å². The summed E-state index contributed by atoms with van der Waals surface area (Å²) in [4.78, 5) is 13.3. The Hall–Kier alpha value is -3.21. The van der Waals surface area contributed by atoms with Crippen LogP contribution in [0.2, 0.25) is 0 Å². The Morgan fingerprint density at radius 3 is 2.36 bits per heavy atom. The van der Waals surface area contributed by atoms with Gasteiger partial charge in [-0.2, -0.15) is 0 Å². The second-order valence-electron chi connectivity index (χ2n) is 9.70. The van der Waals surface area contributed by atoms with Crippen molar-refractivity contribution in [3.63, 3.8) is 0 Å². The first kappa shape index (κ1) is 25.9. The maximum Gasteiger partial charge on any atom is 0.410 e. The summed E-state index contributed by atoms with van der Waals surface area (Å²) in [6.07, 6.45) is -1.41. The van der Waals surface area contributed by atoms with Crippen molar-refractivity contribution in [3.8, 4) is 0 Å². The fourth-order valence-electron chi connectivity index (χ4n) is 4.28. The predicted octanol–water partition coefficient (Wildman–Crippen LogP) is 5.77. The van der Waals surface area contributed by atoms with Crippen molar-refractivity contribution < 1.29 is 31.1 Å². The molecule has 1 saturated heterocycles. The standard InChI is InChI=1S/C25H28F3N3O4S/c1-25(2,3)35-24(32)30-13-11-16(12-14-30)29-19-8-6-9-20-22(19)17(23(27)28)15-31(20)36(33,34)21-10-5-4-7-18(21)26/h4-10,15-16,23,29H,11-14H2,1-3H3. The van der Waals surface area contributed by atoms with Gasteiger partial charge in [0.05, 0.1) is 5.52 Å². The van der Waals surface area contributed by atoms with Gasteiger partial charge in [0.15, 0.2) is 0 Å². The molecule has 1 aliphatic heterocycles. The van der Waals surface area contributed by atoms with E-state index in [9.17, 15) is 26.4 Å². The number of piperidine rings is 1. The number of anilines is 1. The molecule has 1 aliphatic rings. The number of benzene rings is 2. The number of fused-ring (bicyclic) bond motifs is 1.